The van der Waals surface area contributed by atoms with Crippen molar-refractivity contribution in [1.29, 1.82) is 0 Å². The van der Waals surface area contributed by atoms with Gasteiger partial charge in [0.15, 0.2) is 0 Å². The van der Waals surface area contributed by atoms with E-state index in [0.717, 1.165) is 49.2 Å². The minimum Gasteiger partial charge on any atom is -0.339 e. The predicted octanol–water partition coefficient (Wildman–Crippen LogP) is 6.49. The first-order valence-electron chi connectivity index (χ1n) is 16.2. The summed E-state index contributed by atoms with van der Waals surface area (Å²) in [6, 6.07) is 16.5. The fraction of sp³-hybridized carbons (Fsp3) is 0.486. The number of hydrogen-bond donors (Lipinski definition) is 1. The van der Waals surface area contributed by atoms with Gasteiger partial charge in [-0.25, -0.2) is 8.42 Å². The van der Waals surface area contributed by atoms with E-state index < -0.39 is 10.0 Å². The highest BCUT2D eigenvalue weighted by Gasteiger charge is 2.33. The Morgan fingerprint density at radius 1 is 0.956 bits per heavy atom. The van der Waals surface area contributed by atoms with Crippen LogP contribution < -0.4 is 5.32 Å². The number of sulfonamides is 1. The summed E-state index contributed by atoms with van der Waals surface area (Å²) in [5, 5.41) is 3.63. The monoisotopic (exact) mass is 650 g/mol. The van der Waals surface area contributed by atoms with Crippen molar-refractivity contribution in [3.8, 4) is 0 Å². The summed E-state index contributed by atoms with van der Waals surface area (Å²) in [5.41, 5.74) is 3.24. The molecule has 1 N–H and O–H groups in total. The molecule has 45 heavy (non-hydrogen) atoms. The van der Waals surface area contributed by atoms with Gasteiger partial charge in [-0.1, -0.05) is 58.0 Å². The predicted molar refractivity (Wildman–Crippen MR) is 181 cm³/mol. The third-order valence-corrected chi connectivity index (χ3v) is 11.7. The lowest BCUT2D eigenvalue weighted by atomic mass is 9.94. The molecule has 0 aliphatic carbocycles. The van der Waals surface area contributed by atoms with E-state index >= 15 is 0 Å². The molecule has 2 amide bonds. The molecule has 242 valence electrons. The zero-order chi connectivity index (χ0) is 32.1. The van der Waals surface area contributed by atoms with Gasteiger partial charge in [-0.3, -0.25) is 14.5 Å². The van der Waals surface area contributed by atoms with Crippen LogP contribution in [-0.2, 0) is 29.5 Å². The van der Waals surface area contributed by atoms with Crippen LogP contribution in [0.15, 0.2) is 59.5 Å². The zero-order valence-corrected chi connectivity index (χ0v) is 28.6. The Morgan fingerprint density at radius 3 is 2.22 bits per heavy atom. The minimum absolute atomic E-state index is 0.0329. The molecular formula is C35H46N4O4S2. The summed E-state index contributed by atoms with van der Waals surface area (Å²) < 4.78 is 28.3. The third-order valence-electron chi connectivity index (χ3n) is 8.69. The van der Waals surface area contributed by atoms with Crippen LogP contribution in [0.1, 0.15) is 83.7 Å². The van der Waals surface area contributed by atoms with E-state index in [1.54, 1.807) is 16.4 Å². The molecule has 3 heterocycles. The number of amides is 2. The van der Waals surface area contributed by atoms with Gasteiger partial charge >= 0.3 is 0 Å². The molecule has 5 rings (SSSR count). The lowest BCUT2D eigenvalue weighted by molar-refractivity contribution is 0.0755. The molecule has 0 radical (unpaired) electrons. The lowest BCUT2D eigenvalue weighted by Crippen LogP contribution is -2.42. The Morgan fingerprint density at radius 2 is 1.60 bits per heavy atom. The Hall–Kier alpha value is -3.05. The average Bonchev–Trinajstić information content (AvgIpc) is 3.37. The number of rotatable bonds is 11. The van der Waals surface area contributed by atoms with Crippen LogP contribution >= 0.6 is 11.3 Å². The maximum atomic E-state index is 14.0. The SMILES string of the molecule is CCCN(CCC)C(=O)c1c(NC(=O)c2ccc(S(=O)(=O)N3CC(C)CC(C)C3)cc2)sc2c1CCN(Cc1ccccc1)C2. The number of hydrogen-bond acceptors (Lipinski definition) is 6. The lowest BCUT2D eigenvalue weighted by Gasteiger charge is -2.34. The molecular weight excluding hydrogens is 605 g/mol. The number of carbonyl (C=O) groups excluding carboxylic acids is 2. The smallest absolute Gasteiger partial charge is 0.257 e. The van der Waals surface area contributed by atoms with Crippen LogP contribution in [0.25, 0.3) is 0 Å². The molecule has 1 fully saturated rings. The van der Waals surface area contributed by atoms with Gasteiger partial charge in [0.1, 0.15) is 5.00 Å². The van der Waals surface area contributed by atoms with Crippen molar-refractivity contribution in [1.82, 2.24) is 14.1 Å². The fourth-order valence-electron chi connectivity index (χ4n) is 6.66. The van der Waals surface area contributed by atoms with Crippen molar-refractivity contribution in [3.63, 3.8) is 0 Å². The Labute approximate surface area is 272 Å². The highest BCUT2D eigenvalue weighted by Crippen LogP contribution is 2.39. The van der Waals surface area contributed by atoms with Gasteiger partial charge in [-0.05, 0) is 72.9 Å². The first kappa shape index (κ1) is 33.3. The highest BCUT2D eigenvalue weighted by molar-refractivity contribution is 7.89. The maximum absolute atomic E-state index is 14.0. The van der Waals surface area contributed by atoms with Gasteiger partial charge in [0, 0.05) is 56.3 Å². The van der Waals surface area contributed by atoms with Crippen LogP contribution in [0, 0.1) is 11.8 Å². The highest BCUT2D eigenvalue weighted by atomic mass is 32.2. The van der Waals surface area contributed by atoms with E-state index in [1.807, 2.05) is 23.1 Å². The van der Waals surface area contributed by atoms with Crippen molar-refractivity contribution >= 4 is 38.2 Å². The van der Waals surface area contributed by atoms with Gasteiger partial charge in [-0.15, -0.1) is 11.3 Å². The zero-order valence-electron chi connectivity index (χ0n) is 26.9. The van der Waals surface area contributed by atoms with Crippen LogP contribution in [-0.4, -0.2) is 67.1 Å². The fourth-order valence-corrected chi connectivity index (χ4v) is 9.62. The van der Waals surface area contributed by atoms with Crippen LogP contribution in [0.4, 0.5) is 5.00 Å². The maximum Gasteiger partial charge on any atom is 0.257 e. The quantitative estimate of drug-likeness (QED) is 0.256. The first-order valence-corrected chi connectivity index (χ1v) is 18.5. The first-order chi connectivity index (χ1) is 21.6. The topological polar surface area (TPSA) is 90.0 Å². The summed E-state index contributed by atoms with van der Waals surface area (Å²) in [6.45, 7) is 13.0. The van der Waals surface area contributed by atoms with E-state index in [4.69, 9.17) is 0 Å². The van der Waals surface area contributed by atoms with E-state index in [2.05, 4.69) is 50.0 Å². The molecule has 10 heteroatoms. The second kappa shape index (κ2) is 14.6. The molecule has 3 aromatic rings. The van der Waals surface area contributed by atoms with Crippen molar-refractivity contribution in [2.45, 2.75) is 71.4 Å². The second-order valence-electron chi connectivity index (χ2n) is 12.7. The molecule has 2 aromatic carbocycles. The average molecular weight is 651 g/mol. The molecule has 2 aliphatic rings. The van der Waals surface area contributed by atoms with Crippen LogP contribution in [0.5, 0.6) is 0 Å². The molecule has 0 spiro atoms. The number of thiophene rings is 1. The number of piperidine rings is 1. The Kier molecular flexibility index (Phi) is 10.8. The summed E-state index contributed by atoms with van der Waals surface area (Å²) >= 11 is 1.48. The number of carbonyl (C=O) groups is 2. The van der Waals surface area contributed by atoms with E-state index in [1.165, 1.54) is 29.0 Å². The molecule has 2 aliphatic heterocycles. The van der Waals surface area contributed by atoms with Gasteiger partial charge in [0.2, 0.25) is 10.0 Å². The molecule has 0 saturated carbocycles. The van der Waals surface area contributed by atoms with E-state index in [9.17, 15) is 18.0 Å². The molecule has 1 saturated heterocycles. The third kappa shape index (κ3) is 7.68. The van der Waals surface area contributed by atoms with Gasteiger partial charge < -0.3 is 10.2 Å². The number of benzene rings is 2. The molecule has 2 unspecified atom stereocenters. The number of nitrogens with one attached hydrogen (secondary N) is 1. The van der Waals surface area contributed by atoms with Gasteiger partial charge in [0.25, 0.3) is 11.8 Å². The van der Waals surface area contributed by atoms with E-state index in [0.29, 0.717) is 60.7 Å². The van der Waals surface area contributed by atoms with Crippen LogP contribution in [0.2, 0.25) is 0 Å². The Bertz CT molecular complexity index is 1570. The number of fused-ring (bicyclic) bond motifs is 1. The number of anilines is 1. The largest absolute Gasteiger partial charge is 0.339 e. The Balaban J connectivity index is 1.39. The molecule has 1 aromatic heterocycles. The standard InChI is InChI=1S/C35H46N4O4S2/c1-5-17-38(18-6-2)35(41)32-30-16-19-37(23-27-10-8-7-9-11-27)24-31(30)44-34(32)36-33(40)28-12-14-29(15-13-28)45(42,43)39-21-25(3)20-26(4)22-39/h7-15,25-26H,5-6,16-24H2,1-4H3,(H,36,40). The molecule has 0 bridgehead atoms. The number of nitrogens with zero attached hydrogens (tertiary/aromatic N) is 3. The van der Waals surface area contributed by atoms with E-state index in [-0.39, 0.29) is 16.7 Å². The molecule has 2 atom stereocenters. The summed E-state index contributed by atoms with van der Waals surface area (Å²) in [4.78, 5) is 33.2. The van der Waals surface area contributed by atoms with Gasteiger partial charge in [-0.2, -0.15) is 4.31 Å². The summed E-state index contributed by atoms with van der Waals surface area (Å²) in [7, 11) is -3.65. The van der Waals surface area contributed by atoms with Crippen LogP contribution in [0.3, 0.4) is 0 Å². The van der Waals surface area contributed by atoms with Crippen molar-refractivity contribution in [3.05, 3.63) is 81.7 Å². The van der Waals surface area contributed by atoms with Gasteiger partial charge in [0.05, 0.1) is 10.5 Å². The van der Waals surface area contributed by atoms with Crippen molar-refractivity contribution < 1.29 is 18.0 Å². The summed E-state index contributed by atoms with van der Waals surface area (Å²) in [5.74, 6) is 0.219. The second-order valence-corrected chi connectivity index (χ2v) is 15.7. The minimum atomic E-state index is -3.65. The van der Waals surface area contributed by atoms with Crippen molar-refractivity contribution in [2.75, 3.05) is 38.0 Å². The summed E-state index contributed by atoms with van der Waals surface area (Å²) in [6.07, 6.45) is 3.47. The molecule has 8 nitrogen and oxygen atoms in total. The normalized spacial score (nSPS) is 19.2. The van der Waals surface area contributed by atoms with Crippen molar-refractivity contribution in [2.24, 2.45) is 11.8 Å².